The lowest BCUT2D eigenvalue weighted by Crippen LogP contribution is -2.42. The number of hydrogen-bond acceptors (Lipinski definition) is 5. The Balaban J connectivity index is 1.54. The molecule has 1 aromatic carbocycles. The molecular weight excluding hydrogens is 320 g/mol. The zero-order valence-corrected chi connectivity index (χ0v) is 14.2. The number of nitrogens with one attached hydrogen (secondary N) is 1. The van der Waals surface area contributed by atoms with Crippen molar-refractivity contribution < 1.29 is 14.3 Å². The molecule has 0 saturated heterocycles. The van der Waals surface area contributed by atoms with Crippen molar-refractivity contribution in [1.29, 1.82) is 0 Å². The summed E-state index contributed by atoms with van der Waals surface area (Å²) in [5.41, 5.74) is 1.18. The first-order valence-electron chi connectivity index (χ1n) is 8.60. The Labute approximate surface area is 146 Å². The standard InChI is InChI=1S/C18H22N4O3/c1-13(17(23)21-15-5-3-2-4-6-15)25-18(24)14-7-9-16(10-8-14)22-12-19-11-20-22/h7-13,15H,2-6H2,1H3,(H,21,23)/t13-/m0/s1. The molecule has 25 heavy (non-hydrogen) atoms. The SMILES string of the molecule is C[C@H](OC(=O)c1ccc(-n2cncn2)cc1)C(=O)NC1CCCCC1. The number of esters is 1. The first kappa shape index (κ1) is 17.1. The summed E-state index contributed by atoms with van der Waals surface area (Å²) in [5, 5.41) is 6.99. The van der Waals surface area contributed by atoms with E-state index in [1.54, 1.807) is 42.2 Å². The Morgan fingerprint density at radius 3 is 2.56 bits per heavy atom. The number of benzene rings is 1. The molecule has 0 spiro atoms. The minimum atomic E-state index is -0.815. The van der Waals surface area contributed by atoms with Gasteiger partial charge in [-0.1, -0.05) is 19.3 Å². The molecule has 3 rings (SSSR count). The zero-order valence-electron chi connectivity index (χ0n) is 14.2. The third kappa shape index (κ3) is 4.43. The van der Waals surface area contributed by atoms with Gasteiger partial charge in [0.25, 0.3) is 5.91 Å². The molecule has 132 valence electrons. The van der Waals surface area contributed by atoms with Crippen molar-refractivity contribution in [2.75, 3.05) is 0 Å². The van der Waals surface area contributed by atoms with Crippen molar-refractivity contribution in [3.8, 4) is 5.69 Å². The number of amides is 1. The monoisotopic (exact) mass is 342 g/mol. The number of nitrogens with zero attached hydrogens (tertiary/aromatic N) is 3. The van der Waals surface area contributed by atoms with Crippen molar-refractivity contribution in [2.45, 2.75) is 51.2 Å². The molecule has 0 radical (unpaired) electrons. The van der Waals surface area contributed by atoms with Gasteiger partial charge >= 0.3 is 5.97 Å². The van der Waals surface area contributed by atoms with E-state index in [-0.39, 0.29) is 11.9 Å². The number of rotatable bonds is 5. The summed E-state index contributed by atoms with van der Waals surface area (Å²) >= 11 is 0. The van der Waals surface area contributed by atoms with Gasteiger partial charge in [-0.2, -0.15) is 5.10 Å². The fourth-order valence-electron chi connectivity index (χ4n) is 2.94. The lowest BCUT2D eigenvalue weighted by Gasteiger charge is -2.24. The highest BCUT2D eigenvalue weighted by atomic mass is 16.5. The molecule has 1 aliphatic carbocycles. The van der Waals surface area contributed by atoms with Crippen molar-refractivity contribution in [3.05, 3.63) is 42.5 Å². The minimum absolute atomic E-state index is 0.198. The molecule has 0 unspecified atom stereocenters. The van der Waals surface area contributed by atoms with Crippen LogP contribution in [0.5, 0.6) is 0 Å². The molecule has 0 aliphatic heterocycles. The van der Waals surface area contributed by atoms with Crippen LogP contribution in [-0.4, -0.2) is 38.8 Å². The number of hydrogen-bond donors (Lipinski definition) is 1. The van der Waals surface area contributed by atoms with Crippen LogP contribution in [0.15, 0.2) is 36.9 Å². The van der Waals surface area contributed by atoms with Gasteiger partial charge in [-0.3, -0.25) is 4.79 Å². The summed E-state index contributed by atoms with van der Waals surface area (Å²) in [6, 6.07) is 6.98. The molecule has 1 saturated carbocycles. The molecule has 7 nitrogen and oxygen atoms in total. The lowest BCUT2D eigenvalue weighted by molar-refractivity contribution is -0.130. The molecule has 0 bridgehead atoms. The van der Waals surface area contributed by atoms with E-state index in [2.05, 4.69) is 15.4 Å². The Morgan fingerprint density at radius 2 is 1.92 bits per heavy atom. The van der Waals surface area contributed by atoms with E-state index in [4.69, 9.17) is 4.74 Å². The number of carbonyl (C=O) groups is 2. The normalized spacial score (nSPS) is 16.2. The zero-order chi connectivity index (χ0) is 17.6. The second kappa shape index (κ2) is 7.92. The molecule has 1 fully saturated rings. The average molecular weight is 342 g/mol. The maximum atomic E-state index is 12.2. The average Bonchev–Trinajstić information content (AvgIpc) is 3.17. The first-order valence-corrected chi connectivity index (χ1v) is 8.60. The maximum Gasteiger partial charge on any atom is 0.338 e. The lowest BCUT2D eigenvalue weighted by atomic mass is 9.95. The van der Waals surface area contributed by atoms with Crippen LogP contribution in [0.1, 0.15) is 49.4 Å². The van der Waals surface area contributed by atoms with Crippen molar-refractivity contribution in [2.24, 2.45) is 0 Å². The second-order valence-corrected chi connectivity index (χ2v) is 6.28. The maximum absolute atomic E-state index is 12.2. The van der Waals surface area contributed by atoms with E-state index in [1.165, 1.54) is 12.7 Å². The highest BCUT2D eigenvalue weighted by Gasteiger charge is 2.22. The largest absolute Gasteiger partial charge is 0.449 e. The van der Waals surface area contributed by atoms with Crippen LogP contribution in [-0.2, 0) is 9.53 Å². The van der Waals surface area contributed by atoms with Crippen LogP contribution in [0, 0.1) is 0 Å². The summed E-state index contributed by atoms with van der Waals surface area (Å²) in [4.78, 5) is 28.3. The van der Waals surface area contributed by atoms with Gasteiger partial charge in [0.2, 0.25) is 0 Å². The predicted molar refractivity (Wildman–Crippen MR) is 91.3 cm³/mol. The van der Waals surface area contributed by atoms with Gasteiger partial charge in [-0.15, -0.1) is 0 Å². The summed E-state index contributed by atoms with van der Waals surface area (Å²) < 4.78 is 6.88. The Hall–Kier alpha value is -2.70. The van der Waals surface area contributed by atoms with Gasteiger partial charge in [-0.25, -0.2) is 14.5 Å². The van der Waals surface area contributed by atoms with Crippen LogP contribution in [0.2, 0.25) is 0 Å². The molecule has 1 aromatic heterocycles. The Morgan fingerprint density at radius 1 is 1.20 bits per heavy atom. The summed E-state index contributed by atoms with van der Waals surface area (Å²) in [6.07, 6.45) is 7.69. The van der Waals surface area contributed by atoms with Crippen LogP contribution in [0.3, 0.4) is 0 Å². The molecule has 7 heteroatoms. The topological polar surface area (TPSA) is 86.1 Å². The number of ether oxygens (including phenoxy) is 1. The molecule has 1 amide bonds. The molecule has 1 atom stereocenters. The van der Waals surface area contributed by atoms with Crippen LogP contribution < -0.4 is 5.32 Å². The first-order chi connectivity index (χ1) is 12.1. The van der Waals surface area contributed by atoms with Crippen molar-refractivity contribution in [3.63, 3.8) is 0 Å². The van der Waals surface area contributed by atoms with Crippen LogP contribution >= 0.6 is 0 Å². The fourth-order valence-corrected chi connectivity index (χ4v) is 2.94. The van der Waals surface area contributed by atoms with Crippen LogP contribution in [0.4, 0.5) is 0 Å². The van der Waals surface area contributed by atoms with E-state index in [1.807, 2.05) is 0 Å². The van der Waals surface area contributed by atoms with Gasteiger partial charge < -0.3 is 10.1 Å². The molecule has 1 aliphatic rings. The highest BCUT2D eigenvalue weighted by Crippen LogP contribution is 2.17. The second-order valence-electron chi connectivity index (χ2n) is 6.28. The van der Waals surface area contributed by atoms with Gasteiger partial charge in [-0.05, 0) is 44.0 Å². The number of aromatic nitrogens is 3. The quantitative estimate of drug-likeness (QED) is 0.842. The minimum Gasteiger partial charge on any atom is -0.449 e. The predicted octanol–water partition coefficient (Wildman–Crippen LogP) is 2.26. The molecule has 1 N–H and O–H groups in total. The molecule has 1 heterocycles. The van der Waals surface area contributed by atoms with Gasteiger partial charge in [0.05, 0.1) is 11.3 Å². The number of carbonyl (C=O) groups excluding carboxylic acids is 2. The molecular formula is C18H22N4O3. The van der Waals surface area contributed by atoms with E-state index in [0.29, 0.717) is 5.56 Å². The Kier molecular flexibility index (Phi) is 5.42. The van der Waals surface area contributed by atoms with Crippen LogP contribution in [0.25, 0.3) is 5.69 Å². The van der Waals surface area contributed by atoms with Gasteiger partial charge in [0, 0.05) is 6.04 Å². The summed E-state index contributed by atoms with van der Waals surface area (Å²) in [7, 11) is 0. The third-order valence-electron chi connectivity index (χ3n) is 4.39. The van der Waals surface area contributed by atoms with E-state index >= 15 is 0 Å². The Bertz CT molecular complexity index is 706. The van der Waals surface area contributed by atoms with Crippen molar-refractivity contribution >= 4 is 11.9 Å². The summed E-state index contributed by atoms with van der Waals surface area (Å²) in [5.74, 6) is -0.754. The third-order valence-corrected chi connectivity index (χ3v) is 4.39. The van der Waals surface area contributed by atoms with Gasteiger partial charge in [0.15, 0.2) is 6.10 Å². The summed E-state index contributed by atoms with van der Waals surface area (Å²) in [6.45, 7) is 1.60. The fraction of sp³-hybridized carbons (Fsp3) is 0.444. The van der Waals surface area contributed by atoms with Crippen molar-refractivity contribution in [1.82, 2.24) is 20.1 Å². The smallest absolute Gasteiger partial charge is 0.338 e. The van der Waals surface area contributed by atoms with E-state index in [0.717, 1.165) is 31.4 Å². The van der Waals surface area contributed by atoms with E-state index < -0.39 is 12.1 Å². The van der Waals surface area contributed by atoms with E-state index in [9.17, 15) is 9.59 Å². The molecule has 2 aromatic rings. The van der Waals surface area contributed by atoms with Gasteiger partial charge in [0.1, 0.15) is 12.7 Å². The highest BCUT2D eigenvalue weighted by molar-refractivity contribution is 5.92.